The fourth-order valence-electron chi connectivity index (χ4n) is 5.91. The number of hydrogen-bond acceptors (Lipinski definition) is 6. The van der Waals surface area contributed by atoms with Crippen LogP contribution in [0, 0.1) is 10.8 Å². The van der Waals surface area contributed by atoms with Crippen LogP contribution in [0.5, 0.6) is 0 Å². The molecule has 158 valence electrons. The van der Waals surface area contributed by atoms with Crippen molar-refractivity contribution in [1.82, 2.24) is 9.80 Å². The van der Waals surface area contributed by atoms with Gasteiger partial charge in [0.2, 0.25) is 0 Å². The number of nitrogens with zero attached hydrogens (tertiary/aromatic N) is 2. The number of cyclic esters (lactones) is 2. The minimum absolute atomic E-state index is 0.0930. The molecule has 0 spiro atoms. The fourth-order valence-corrected chi connectivity index (χ4v) is 5.91. The Bertz CT molecular complexity index is 621. The molecular formula is C22H36N2O4. The average Bonchev–Trinajstić information content (AvgIpc) is 3.27. The number of fused-ring (bicyclic) bond motifs is 2. The van der Waals surface area contributed by atoms with Gasteiger partial charge >= 0.3 is 11.9 Å². The third-order valence-electron chi connectivity index (χ3n) is 7.28. The van der Waals surface area contributed by atoms with Crippen LogP contribution in [0.2, 0.25) is 0 Å². The molecule has 4 heterocycles. The molecule has 0 aromatic carbocycles. The summed E-state index contributed by atoms with van der Waals surface area (Å²) in [6.45, 7) is 14.5. The van der Waals surface area contributed by atoms with E-state index in [1.54, 1.807) is 0 Å². The zero-order valence-corrected chi connectivity index (χ0v) is 18.3. The van der Waals surface area contributed by atoms with E-state index < -0.39 is 11.1 Å². The van der Waals surface area contributed by atoms with Gasteiger partial charge in [0.1, 0.15) is 11.1 Å². The Morgan fingerprint density at radius 3 is 1.46 bits per heavy atom. The fraction of sp³-hybridized carbons (Fsp3) is 0.909. The zero-order chi connectivity index (χ0) is 20.5. The van der Waals surface area contributed by atoms with Crippen LogP contribution < -0.4 is 0 Å². The van der Waals surface area contributed by atoms with Crippen molar-refractivity contribution in [1.29, 1.82) is 0 Å². The number of carbonyl (C=O) groups excluding carboxylic acids is 2. The first-order valence-electron chi connectivity index (χ1n) is 10.9. The number of esters is 2. The van der Waals surface area contributed by atoms with Crippen LogP contribution in [0.15, 0.2) is 0 Å². The maximum absolute atomic E-state index is 13.0. The molecule has 0 bridgehead atoms. The molecule has 4 atom stereocenters. The van der Waals surface area contributed by atoms with Crippen LogP contribution >= 0.6 is 0 Å². The van der Waals surface area contributed by atoms with Crippen LogP contribution in [0.1, 0.15) is 80.1 Å². The van der Waals surface area contributed by atoms with E-state index in [1.807, 2.05) is 0 Å². The topological polar surface area (TPSA) is 59.1 Å². The number of carbonyl (C=O) groups is 2. The lowest BCUT2D eigenvalue weighted by Crippen LogP contribution is -2.53. The lowest BCUT2D eigenvalue weighted by molar-refractivity contribution is -0.151. The first-order chi connectivity index (χ1) is 12.9. The molecule has 6 nitrogen and oxygen atoms in total. The van der Waals surface area contributed by atoms with Gasteiger partial charge in [-0.1, -0.05) is 41.5 Å². The normalized spacial score (nSPS) is 39.2. The second-order valence-electron chi connectivity index (χ2n) is 11.4. The smallest absolute Gasteiger partial charge is 0.328 e. The molecule has 28 heavy (non-hydrogen) atoms. The van der Waals surface area contributed by atoms with Gasteiger partial charge in [-0.2, -0.15) is 0 Å². The van der Waals surface area contributed by atoms with Crippen LogP contribution in [-0.4, -0.2) is 58.4 Å². The van der Waals surface area contributed by atoms with Crippen LogP contribution in [0.3, 0.4) is 0 Å². The van der Waals surface area contributed by atoms with Gasteiger partial charge in [-0.3, -0.25) is 9.80 Å². The van der Waals surface area contributed by atoms with Crippen molar-refractivity contribution in [2.45, 2.75) is 104 Å². The van der Waals surface area contributed by atoms with Crippen molar-refractivity contribution in [3.8, 4) is 0 Å². The lowest BCUT2D eigenvalue weighted by Gasteiger charge is -2.38. The Kier molecular flexibility index (Phi) is 4.45. The zero-order valence-electron chi connectivity index (χ0n) is 18.3. The van der Waals surface area contributed by atoms with Gasteiger partial charge in [-0.25, -0.2) is 9.59 Å². The van der Waals surface area contributed by atoms with E-state index in [0.29, 0.717) is 12.8 Å². The summed E-state index contributed by atoms with van der Waals surface area (Å²) in [4.78, 5) is 30.7. The number of hydrogen-bond donors (Lipinski definition) is 0. The van der Waals surface area contributed by atoms with Gasteiger partial charge in [0.15, 0.2) is 12.5 Å². The summed E-state index contributed by atoms with van der Waals surface area (Å²) in [5, 5.41) is 0. The molecule has 0 aromatic heterocycles. The van der Waals surface area contributed by atoms with Crippen molar-refractivity contribution in [3.05, 3.63) is 0 Å². The van der Waals surface area contributed by atoms with Gasteiger partial charge in [0.25, 0.3) is 0 Å². The molecule has 4 rings (SSSR count). The second kappa shape index (κ2) is 6.18. The molecule has 0 aliphatic carbocycles. The van der Waals surface area contributed by atoms with Crippen molar-refractivity contribution in [2.75, 3.05) is 13.1 Å². The Hall–Kier alpha value is -1.14. The van der Waals surface area contributed by atoms with Crippen LogP contribution in [-0.2, 0) is 19.1 Å². The van der Waals surface area contributed by atoms with E-state index in [-0.39, 0.29) is 35.2 Å². The standard InChI is InChI=1S/C22H36N2O4/c1-19(2,3)15-23-13-7-9-21(23,17(25)27-15)11-12-22-10-8-14-24(22)16(20(4,5)6)28-18(22)26/h15-16H,7-14H2,1-6H3/t15-,16-,21-,22-/m1/s1. The summed E-state index contributed by atoms with van der Waals surface area (Å²) >= 11 is 0. The molecule has 0 unspecified atom stereocenters. The van der Waals surface area contributed by atoms with Crippen LogP contribution in [0.4, 0.5) is 0 Å². The van der Waals surface area contributed by atoms with E-state index in [9.17, 15) is 9.59 Å². The third-order valence-corrected chi connectivity index (χ3v) is 7.28. The highest BCUT2D eigenvalue weighted by Gasteiger charge is 2.64. The predicted molar refractivity (Wildman–Crippen MR) is 105 cm³/mol. The van der Waals surface area contributed by atoms with E-state index in [4.69, 9.17) is 9.47 Å². The molecular weight excluding hydrogens is 356 g/mol. The molecule has 0 N–H and O–H groups in total. The Morgan fingerprint density at radius 1 is 0.786 bits per heavy atom. The summed E-state index contributed by atoms with van der Waals surface area (Å²) in [7, 11) is 0. The summed E-state index contributed by atoms with van der Waals surface area (Å²) in [5.74, 6) is -0.186. The summed E-state index contributed by atoms with van der Waals surface area (Å²) in [5.41, 5.74) is -1.38. The van der Waals surface area contributed by atoms with Gasteiger partial charge in [-0.05, 0) is 38.5 Å². The second-order valence-corrected chi connectivity index (χ2v) is 11.4. The van der Waals surface area contributed by atoms with Gasteiger partial charge in [0.05, 0.1) is 0 Å². The number of ether oxygens (including phenoxy) is 2. The molecule has 0 aromatic rings. The Balaban J connectivity index is 1.58. The molecule has 0 saturated carbocycles. The minimum atomic E-state index is -0.568. The highest BCUT2D eigenvalue weighted by Crippen LogP contribution is 2.51. The van der Waals surface area contributed by atoms with Gasteiger partial charge in [-0.15, -0.1) is 0 Å². The molecule has 4 fully saturated rings. The number of rotatable bonds is 3. The summed E-state index contributed by atoms with van der Waals surface area (Å²) < 4.78 is 11.8. The Morgan fingerprint density at radius 2 is 1.14 bits per heavy atom. The van der Waals surface area contributed by atoms with Gasteiger partial charge < -0.3 is 9.47 Å². The average molecular weight is 393 g/mol. The highest BCUT2D eigenvalue weighted by molar-refractivity contribution is 5.85. The van der Waals surface area contributed by atoms with Crippen molar-refractivity contribution < 1.29 is 19.1 Å². The molecule has 0 radical (unpaired) electrons. The quantitative estimate of drug-likeness (QED) is 0.687. The molecule has 4 aliphatic rings. The van der Waals surface area contributed by atoms with Crippen molar-refractivity contribution in [3.63, 3.8) is 0 Å². The van der Waals surface area contributed by atoms with Gasteiger partial charge in [0, 0.05) is 23.9 Å². The minimum Gasteiger partial charge on any atom is -0.444 e. The predicted octanol–water partition coefficient (Wildman–Crippen LogP) is 3.29. The molecule has 4 saturated heterocycles. The maximum atomic E-state index is 13.0. The van der Waals surface area contributed by atoms with Crippen molar-refractivity contribution in [2.24, 2.45) is 10.8 Å². The third kappa shape index (κ3) is 2.74. The Labute approximate surface area is 168 Å². The highest BCUT2D eigenvalue weighted by atomic mass is 16.6. The summed E-state index contributed by atoms with van der Waals surface area (Å²) in [6, 6.07) is 0. The monoisotopic (exact) mass is 392 g/mol. The van der Waals surface area contributed by atoms with E-state index >= 15 is 0 Å². The van der Waals surface area contributed by atoms with Crippen LogP contribution in [0.25, 0.3) is 0 Å². The van der Waals surface area contributed by atoms with E-state index in [0.717, 1.165) is 38.8 Å². The maximum Gasteiger partial charge on any atom is 0.328 e. The van der Waals surface area contributed by atoms with E-state index in [1.165, 1.54) is 0 Å². The first kappa shape index (κ1) is 20.1. The van der Waals surface area contributed by atoms with Crippen molar-refractivity contribution >= 4 is 11.9 Å². The first-order valence-corrected chi connectivity index (χ1v) is 10.9. The largest absolute Gasteiger partial charge is 0.444 e. The SMILES string of the molecule is CC(C)(C)[C@H]1OC(=O)[C@]2(CC[C@@]34CCCN3[C@@H](C(C)(C)C)OC4=O)CCCN12. The summed E-state index contributed by atoms with van der Waals surface area (Å²) in [6.07, 6.45) is 4.64. The van der Waals surface area contributed by atoms with E-state index in [2.05, 4.69) is 51.3 Å². The molecule has 4 aliphatic heterocycles. The molecule has 0 amide bonds. The lowest BCUT2D eigenvalue weighted by atomic mass is 9.81. The molecule has 6 heteroatoms.